The van der Waals surface area contributed by atoms with E-state index >= 15 is 0 Å². The maximum atomic E-state index is 3.60. The summed E-state index contributed by atoms with van der Waals surface area (Å²) in [5.41, 5.74) is 6.70. The van der Waals surface area contributed by atoms with Crippen molar-refractivity contribution in [2.75, 3.05) is 0 Å². The van der Waals surface area contributed by atoms with Gasteiger partial charge in [0.05, 0.1) is 16.1 Å². The zero-order valence-corrected chi connectivity index (χ0v) is 49.0. The second kappa shape index (κ2) is 25.3. The fourth-order valence-corrected chi connectivity index (χ4v) is 18.4. The first-order chi connectivity index (χ1) is 22.9. The van der Waals surface area contributed by atoms with Crippen LogP contribution in [0.2, 0.25) is 26.2 Å². The van der Waals surface area contributed by atoms with Crippen LogP contribution in [0.25, 0.3) is 0 Å². The number of hydrogen-bond donors (Lipinski definition) is 0. The summed E-state index contributed by atoms with van der Waals surface area (Å²) in [6.07, 6.45) is 4.56. The molecule has 4 fully saturated rings. The van der Waals surface area contributed by atoms with Crippen LogP contribution in [0.15, 0.2) is 0 Å². The second-order valence-electron chi connectivity index (χ2n) is 16.5. The average molecular weight is 1200 g/mol. The first-order valence-corrected chi connectivity index (χ1v) is 25.4. The summed E-state index contributed by atoms with van der Waals surface area (Å²) >= 11 is 0. The Hall–Kier alpha value is 2.50. The topological polar surface area (TPSA) is 28.5 Å². The van der Waals surface area contributed by atoms with E-state index in [2.05, 4.69) is 165 Å². The predicted octanol–water partition coefficient (Wildman–Crippen LogP) is 14.5. The van der Waals surface area contributed by atoms with Crippen molar-refractivity contribution in [3.63, 3.8) is 0 Å². The van der Waals surface area contributed by atoms with Gasteiger partial charge in [-0.1, -0.05) is 164 Å². The Morgan fingerprint density at radius 1 is 0.302 bits per heavy atom. The van der Waals surface area contributed by atoms with Crippen LogP contribution in [0.5, 0.6) is 0 Å². The molecule has 0 unspecified atom stereocenters. The van der Waals surface area contributed by atoms with Crippen molar-refractivity contribution in [2.24, 2.45) is 0 Å². The Morgan fingerprint density at radius 2 is 0.396 bits per heavy atom. The minimum atomic E-state index is -1.65. The maximum absolute atomic E-state index is 3.60. The van der Waals surface area contributed by atoms with Crippen molar-refractivity contribution in [3.05, 3.63) is 131 Å². The van der Waals surface area contributed by atoms with E-state index in [4.69, 9.17) is 0 Å². The SMILES string of the molecule is C[C]1[C](C)[C](C)[C]([Si](C)(C)[C]2[C](C)[C](C)[C](C)[C]2C)[C]1C.C[C]1[C](C)[C](C)[C]([Si](C)(C)[C]2[C](C)[C](C)[C](C)[C]2C)[C]1C.[CH2-]CCC.[CH2-]CCC.[O-2].[U].[U]. The molecule has 4 aliphatic carbocycles. The first-order valence-electron chi connectivity index (χ1n) is 19.4. The molecule has 53 heavy (non-hydrogen) atoms. The van der Waals surface area contributed by atoms with Crippen LogP contribution >= 0.6 is 0 Å². The standard InChI is InChI=1S/2C20H30Si.2C4H9.O.2U/c2*1-11-12(2)16(6)19(15(11)5)21(9,10)20-17(7)13(3)14(4)18(20)8;2*1-3-4-2;;;/h2*1-10H3;2*1,3-4H2,2H3;;;/q;;2*-1;-2;;. The normalized spacial score (nSPS) is 24.5. The third-order valence-electron chi connectivity index (χ3n) is 13.0. The van der Waals surface area contributed by atoms with Crippen molar-refractivity contribution >= 4 is 16.1 Å². The molecule has 0 aliphatic heterocycles. The van der Waals surface area contributed by atoms with Crippen molar-refractivity contribution < 1.29 is 67.7 Å². The third kappa shape index (κ3) is 12.8. The molecular weight excluding hydrogens is 1120 g/mol. The average Bonchev–Trinajstić information content (AvgIpc) is 3.57. The molecule has 20 radical (unpaired) electrons. The zero-order chi connectivity index (χ0) is 39.4. The molecule has 0 N–H and O–H groups in total. The predicted molar refractivity (Wildman–Crippen MR) is 232 cm³/mol. The molecule has 5 heteroatoms. The van der Waals surface area contributed by atoms with Gasteiger partial charge in [0, 0.05) is 62.2 Å². The molecule has 1 nitrogen and oxygen atoms in total. The van der Waals surface area contributed by atoms with Gasteiger partial charge >= 0.3 is 0 Å². The van der Waals surface area contributed by atoms with Crippen LogP contribution in [0.1, 0.15) is 150 Å². The van der Waals surface area contributed by atoms with Crippen LogP contribution in [-0.4, -0.2) is 16.1 Å². The van der Waals surface area contributed by atoms with Crippen LogP contribution in [-0.2, 0) is 5.48 Å². The molecule has 0 aromatic rings. The monoisotopic (exact) mass is 1200 g/mol. The molecule has 0 saturated heterocycles. The summed E-state index contributed by atoms with van der Waals surface area (Å²) in [6, 6.07) is 0. The Morgan fingerprint density at radius 3 is 0.472 bits per heavy atom. The van der Waals surface area contributed by atoms with Gasteiger partial charge in [-0.3, -0.25) is 0 Å². The van der Waals surface area contributed by atoms with E-state index in [1.54, 1.807) is 22.2 Å². The summed E-state index contributed by atoms with van der Waals surface area (Å²) in [6.45, 7) is 58.5. The van der Waals surface area contributed by atoms with Gasteiger partial charge in [-0.15, -0.1) is 0 Å². The van der Waals surface area contributed by atoms with Crippen molar-refractivity contribution in [3.8, 4) is 0 Å². The molecule has 0 amide bonds. The van der Waals surface area contributed by atoms with E-state index in [0.29, 0.717) is 0 Å². The zero-order valence-electron chi connectivity index (χ0n) is 38.7. The molecule has 296 valence electrons. The van der Waals surface area contributed by atoms with Gasteiger partial charge in [-0.25, -0.2) is 0 Å². The van der Waals surface area contributed by atoms with Crippen LogP contribution in [0.3, 0.4) is 0 Å². The molecule has 0 bridgehead atoms. The Bertz CT molecular complexity index is 769. The maximum Gasteiger partial charge on any atom is 0.0633 e. The molecule has 4 saturated carbocycles. The minimum Gasteiger partial charge on any atom is -2.00 e. The molecule has 4 aliphatic rings. The van der Waals surface area contributed by atoms with E-state index < -0.39 is 16.1 Å². The van der Waals surface area contributed by atoms with Gasteiger partial charge in [-0.05, 0) is 117 Å². The third-order valence-corrected chi connectivity index (χ3v) is 21.0. The number of hydrogen-bond acceptors (Lipinski definition) is 0. The largest absolute Gasteiger partial charge is 2.00 e. The van der Waals surface area contributed by atoms with Crippen molar-refractivity contribution in [1.82, 2.24) is 0 Å². The van der Waals surface area contributed by atoms with Crippen LogP contribution < -0.4 is 0 Å². The summed E-state index contributed by atoms with van der Waals surface area (Å²) in [4.78, 5) is 0. The Kier molecular flexibility index (Phi) is 28.6. The Labute approximate surface area is 387 Å². The molecule has 0 aromatic carbocycles. The van der Waals surface area contributed by atoms with Gasteiger partial charge in [0.1, 0.15) is 0 Å². The van der Waals surface area contributed by atoms with Crippen LogP contribution in [0.4, 0.5) is 0 Å². The second-order valence-corrected chi connectivity index (χ2v) is 25.0. The molecule has 0 aromatic heterocycles. The number of unbranched alkanes of at least 4 members (excludes halogenated alkanes) is 2. The van der Waals surface area contributed by atoms with E-state index in [1.165, 1.54) is 108 Å². The fourth-order valence-electron chi connectivity index (χ4n) is 8.88. The summed E-state index contributed by atoms with van der Waals surface area (Å²) in [5.74, 6) is 24.3. The van der Waals surface area contributed by atoms with E-state index in [-0.39, 0.29) is 67.7 Å². The molecular formula is C48H78OSi2U2-4. The first kappa shape index (κ1) is 59.8. The van der Waals surface area contributed by atoms with Gasteiger partial charge < -0.3 is 19.3 Å². The smallest absolute Gasteiger partial charge is 0.0633 e. The summed E-state index contributed by atoms with van der Waals surface area (Å²) in [7, 11) is -3.31. The van der Waals surface area contributed by atoms with Crippen LogP contribution in [0, 0.1) is 193 Å². The van der Waals surface area contributed by atoms with Gasteiger partial charge in [0.15, 0.2) is 0 Å². The minimum absolute atomic E-state index is 0. The fraction of sp³-hybridized carbons (Fsp3) is 0.542. The quantitative estimate of drug-likeness (QED) is 0.187. The molecule has 0 spiro atoms. The van der Waals surface area contributed by atoms with Crippen molar-refractivity contribution in [2.45, 2.75) is 176 Å². The molecule has 0 atom stereocenters. The summed E-state index contributed by atoms with van der Waals surface area (Å²) in [5, 5.41) is 0. The molecule has 0 heterocycles. The van der Waals surface area contributed by atoms with E-state index in [1.807, 2.05) is 0 Å². The van der Waals surface area contributed by atoms with E-state index in [9.17, 15) is 0 Å². The number of rotatable bonds is 6. The van der Waals surface area contributed by atoms with Gasteiger partial charge in [0.2, 0.25) is 0 Å². The molecule has 4 rings (SSSR count). The summed E-state index contributed by atoms with van der Waals surface area (Å²) < 4.78 is 0. The van der Waals surface area contributed by atoms with Gasteiger partial charge in [-0.2, -0.15) is 12.8 Å². The van der Waals surface area contributed by atoms with Crippen molar-refractivity contribution in [1.29, 1.82) is 0 Å². The van der Waals surface area contributed by atoms with E-state index in [0.717, 1.165) is 12.8 Å². The van der Waals surface area contributed by atoms with Gasteiger partial charge in [0.25, 0.3) is 0 Å². The Balaban J connectivity index is -0.000000749.